The summed E-state index contributed by atoms with van der Waals surface area (Å²) in [5.74, 6) is 0. The molecule has 3 nitrogen and oxygen atoms in total. The van der Waals surface area contributed by atoms with Gasteiger partial charge in [-0.1, -0.05) is 49.0 Å². The van der Waals surface area contributed by atoms with Gasteiger partial charge in [0.15, 0.2) is 0 Å². The van der Waals surface area contributed by atoms with Crippen molar-refractivity contribution in [3.05, 3.63) is 46.5 Å². The van der Waals surface area contributed by atoms with E-state index < -0.39 is 0 Å². The lowest BCUT2D eigenvalue weighted by Crippen LogP contribution is -2.23. The molecule has 4 heteroatoms. The molecule has 102 valence electrons. The Morgan fingerprint density at radius 1 is 1.26 bits per heavy atom. The number of benzene rings is 1. The first-order chi connectivity index (χ1) is 9.35. The van der Waals surface area contributed by atoms with Gasteiger partial charge < -0.3 is 5.32 Å². The first-order valence-electron chi connectivity index (χ1n) is 6.94. The minimum Gasteiger partial charge on any atom is -0.305 e. The second-order valence-corrected chi connectivity index (χ2v) is 5.32. The molecule has 1 N–H and O–H groups in total. The highest BCUT2D eigenvalue weighted by Crippen LogP contribution is 2.22. The molecule has 0 amide bonds. The third kappa shape index (κ3) is 3.85. The molecule has 0 radical (unpaired) electrons. The van der Waals surface area contributed by atoms with Crippen molar-refractivity contribution in [2.45, 2.75) is 39.2 Å². The van der Waals surface area contributed by atoms with Gasteiger partial charge in [0.1, 0.15) is 0 Å². The van der Waals surface area contributed by atoms with Crippen LogP contribution in [0.3, 0.4) is 0 Å². The van der Waals surface area contributed by atoms with Crippen LogP contribution in [0.25, 0.3) is 0 Å². The summed E-state index contributed by atoms with van der Waals surface area (Å²) >= 11 is 1.41. The van der Waals surface area contributed by atoms with E-state index in [1.807, 2.05) is 5.38 Å². The molecule has 19 heavy (non-hydrogen) atoms. The highest BCUT2D eigenvalue weighted by Gasteiger charge is 2.16. The molecule has 0 fully saturated rings. The van der Waals surface area contributed by atoms with Gasteiger partial charge in [0.2, 0.25) is 0 Å². The lowest BCUT2D eigenvalue weighted by Gasteiger charge is -2.17. The molecule has 1 heterocycles. The molecular formula is C15H21N3S. The SMILES string of the molecule is CCCNC(c1cccc(CCC)c1)c1csnn1. The van der Waals surface area contributed by atoms with E-state index in [2.05, 4.69) is 53.0 Å². The van der Waals surface area contributed by atoms with Crippen LogP contribution in [0.4, 0.5) is 0 Å². The quantitative estimate of drug-likeness (QED) is 0.839. The van der Waals surface area contributed by atoms with Crippen LogP contribution in [-0.4, -0.2) is 16.1 Å². The van der Waals surface area contributed by atoms with Crippen LogP contribution in [0.2, 0.25) is 0 Å². The molecule has 0 saturated carbocycles. The Labute approximate surface area is 119 Å². The van der Waals surface area contributed by atoms with Crippen molar-refractivity contribution in [3.63, 3.8) is 0 Å². The summed E-state index contributed by atoms with van der Waals surface area (Å²) in [4.78, 5) is 0. The van der Waals surface area contributed by atoms with Gasteiger partial charge in [0.05, 0.1) is 11.7 Å². The number of aryl methyl sites for hydroxylation is 1. The molecule has 2 rings (SSSR count). The van der Waals surface area contributed by atoms with Gasteiger partial charge in [-0.3, -0.25) is 0 Å². The van der Waals surface area contributed by atoms with Crippen molar-refractivity contribution in [3.8, 4) is 0 Å². The Hall–Kier alpha value is -1.26. The smallest absolute Gasteiger partial charge is 0.0970 e. The molecular weight excluding hydrogens is 254 g/mol. The molecule has 0 bridgehead atoms. The third-order valence-corrected chi connectivity index (χ3v) is 3.62. The van der Waals surface area contributed by atoms with Crippen molar-refractivity contribution in [2.24, 2.45) is 0 Å². The Kier molecular flexibility index (Phi) is 5.48. The molecule has 1 atom stereocenters. The minimum absolute atomic E-state index is 0.163. The molecule has 1 aromatic carbocycles. The molecule has 0 saturated heterocycles. The lowest BCUT2D eigenvalue weighted by molar-refractivity contribution is 0.584. The van der Waals surface area contributed by atoms with Gasteiger partial charge in [0, 0.05) is 5.38 Å². The lowest BCUT2D eigenvalue weighted by atomic mass is 10.00. The maximum atomic E-state index is 4.23. The van der Waals surface area contributed by atoms with Gasteiger partial charge in [-0.05, 0) is 42.0 Å². The largest absolute Gasteiger partial charge is 0.305 e. The highest BCUT2D eigenvalue weighted by molar-refractivity contribution is 7.03. The van der Waals surface area contributed by atoms with E-state index >= 15 is 0 Å². The Morgan fingerprint density at radius 2 is 2.16 bits per heavy atom. The standard InChI is InChI=1S/C15H21N3S/c1-3-6-12-7-5-8-13(10-12)15(16-9-4-2)14-11-19-18-17-14/h5,7-8,10-11,15-16H,3-4,6,9H2,1-2H3. The zero-order valence-electron chi connectivity index (χ0n) is 11.6. The van der Waals surface area contributed by atoms with Crippen LogP contribution >= 0.6 is 11.5 Å². The van der Waals surface area contributed by atoms with Crippen molar-refractivity contribution in [1.82, 2.24) is 14.9 Å². The first-order valence-corrected chi connectivity index (χ1v) is 7.78. The Balaban J connectivity index is 2.24. The molecule has 1 unspecified atom stereocenters. The Morgan fingerprint density at radius 3 is 2.84 bits per heavy atom. The van der Waals surface area contributed by atoms with Crippen LogP contribution < -0.4 is 5.32 Å². The maximum absolute atomic E-state index is 4.23. The summed E-state index contributed by atoms with van der Waals surface area (Å²) in [6, 6.07) is 8.96. The van der Waals surface area contributed by atoms with E-state index in [1.165, 1.54) is 29.1 Å². The molecule has 0 spiro atoms. The topological polar surface area (TPSA) is 37.8 Å². The highest BCUT2D eigenvalue weighted by atomic mass is 32.1. The zero-order chi connectivity index (χ0) is 13.5. The van der Waals surface area contributed by atoms with E-state index in [9.17, 15) is 0 Å². The number of aromatic nitrogens is 2. The van der Waals surface area contributed by atoms with Crippen LogP contribution in [0.1, 0.15) is 49.6 Å². The fraction of sp³-hybridized carbons (Fsp3) is 0.467. The van der Waals surface area contributed by atoms with Crippen LogP contribution in [0.15, 0.2) is 29.6 Å². The van der Waals surface area contributed by atoms with Gasteiger partial charge >= 0.3 is 0 Å². The fourth-order valence-corrected chi connectivity index (χ4v) is 2.68. The molecule has 0 aliphatic heterocycles. The molecule has 0 aliphatic rings. The van der Waals surface area contributed by atoms with Gasteiger partial charge in [-0.25, -0.2) is 0 Å². The van der Waals surface area contributed by atoms with E-state index in [-0.39, 0.29) is 6.04 Å². The van der Waals surface area contributed by atoms with Crippen LogP contribution in [-0.2, 0) is 6.42 Å². The number of hydrogen-bond acceptors (Lipinski definition) is 4. The number of nitrogens with one attached hydrogen (secondary N) is 1. The predicted molar refractivity (Wildman–Crippen MR) is 80.5 cm³/mol. The average Bonchev–Trinajstić information content (AvgIpc) is 2.94. The van der Waals surface area contributed by atoms with E-state index in [4.69, 9.17) is 0 Å². The minimum atomic E-state index is 0.163. The molecule has 1 aromatic heterocycles. The Bertz CT molecular complexity index is 482. The van der Waals surface area contributed by atoms with Crippen LogP contribution in [0.5, 0.6) is 0 Å². The van der Waals surface area contributed by atoms with Crippen molar-refractivity contribution < 1.29 is 0 Å². The van der Waals surface area contributed by atoms with E-state index in [1.54, 1.807) is 0 Å². The molecule has 2 aromatic rings. The molecule has 0 aliphatic carbocycles. The average molecular weight is 275 g/mol. The number of rotatable bonds is 7. The summed E-state index contributed by atoms with van der Waals surface area (Å²) in [5, 5.41) is 9.82. The first kappa shape index (κ1) is 14.2. The van der Waals surface area contributed by atoms with Gasteiger partial charge in [-0.2, -0.15) is 0 Å². The zero-order valence-corrected chi connectivity index (χ0v) is 12.4. The third-order valence-electron chi connectivity index (χ3n) is 3.09. The van der Waals surface area contributed by atoms with Crippen molar-refractivity contribution in [1.29, 1.82) is 0 Å². The van der Waals surface area contributed by atoms with Crippen molar-refractivity contribution in [2.75, 3.05) is 6.54 Å². The second-order valence-electron chi connectivity index (χ2n) is 4.71. The monoisotopic (exact) mass is 275 g/mol. The normalized spacial score (nSPS) is 12.5. The summed E-state index contributed by atoms with van der Waals surface area (Å²) in [6.45, 7) is 5.38. The number of nitrogens with zero attached hydrogens (tertiary/aromatic N) is 2. The predicted octanol–water partition coefficient (Wildman–Crippen LogP) is 3.58. The van der Waals surface area contributed by atoms with Gasteiger partial charge in [-0.15, -0.1) is 5.10 Å². The van der Waals surface area contributed by atoms with E-state index in [0.29, 0.717) is 0 Å². The summed E-state index contributed by atoms with van der Waals surface area (Å²) in [5.41, 5.74) is 3.70. The van der Waals surface area contributed by atoms with Crippen LogP contribution in [0, 0.1) is 0 Å². The fourth-order valence-electron chi connectivity index (χ4n) is 2.20. The second kappa shape index (κ2) is 7.36. The summed E-state index contributed by atoms with van der Waals surface area (Å²) < 4.78 is 3.99. The van der Waals surface area contributed by atoms with Crippen molar-refractivity contribution >= 4 is 11.5 Å². The van der Waals surface area contributed by atoms with Gasteiger partial charge in [0.25, 0.3) is 0 Å². The number of hydrogen-bond donors (Lipinski definition) is 1. The van der Waals surface area contributed by atoms with E-state index in [0.717, 1.165) is 25.1 Å². The maximum Gasteiger partial charge on any atom is 0.0970 e. The summed E-state index contributed by atoms with van der Waals surface area (Å²) in [7, 11) is 0. The summed E-state index contributed by atoms with van der Waals surface area (Å²) in [6.07, 6.45) is 3.42.